The van der Waals surface area contributed by atoms with Crippen LogP contribution >= 0.6 is 0 Å². The number of nitrogens with one attached hydrogen (secondary N) is 1. The number of primary amides is 1. The molecular formula is C25H29N4O6S. The third-order valence-corrected chi connectivity index (χ3v) is 6.81. The van der Waals surface area contributed by atoms with Crippen LogP contribution < -0.4 is 11.1 Å². The van der Waals surface area contributed by atoms with Crippen molar-refractivity contribution in [3.8, 4) is 11.5 Å². The second kappa shape index (κ2) is 12.9. The van der Waals surface area contributed by atoms with E-state index in [1.807, 2.05) is 30.3 Å². The van der Waals surface area contributed by atoms with E-state index < -0.39 is 33.5 Å². The van der Waals surface area contributed by atoms with Crippen molar-refractivity contribution in [3.05, 3.63) is 78.0 Å². The molecule has 1 aromatic heterocycles. The first-order valence-electron chi connectivity index (χ1n) is 11.5. The lowest BCUT2D eigenvalue weighted by Gasteiger charge is -2.09. The summed E-state index contributed by atoms with van der Waals surface area (Å²) in [7, 11) is -3.65. The largest absolute Gasteiger partial charge is 0.418 e. The van der Waals surface area contributed by atoms with Crippen molar-refractivity contribution in [1.82, 2.24) is 15.5 Å². The van der Waals surface area contributed by atoms with Crippen LogP contribution in [0.2, 0.25) is 0 Å². The molecule has 1 radical (unpaired) electrons. The van der Waals surface area contributed by atoms with Gasteiger partial charge >= 0.3 is 0 Å². The molecule has 3 rings (SSSR count). The fraction of sp³-hybridized carbons (Fsp3) is 0.320. The van der Waals surface area contributed by atoms with E-state index in [2.05, 4.69) is 15.5 Å². The molecule has 0 spiro atoms. The number of rotatable bonds is 14. The highest BCUT2D eigenvalue weighted by Gasteiger charge is 2.19. The number of amides is 2. The number of nitrogens with zero attached hydrogens (tertiary/aromatic N) is 2. The highest BCUT2D eigenvalue weighted by atomic mass is 32.2. The summed E-state index contributed by atoms with van der Waals surface area (Å²) in [6.45, 7) is 0.370. The highest BCUT2D eigenvalue weighted by Crippen LogP contribution is 2.23. The number of aliphatic hydroxyl groups excluding tert-OH is 1. The molecule has 0 saturated carbocycles. The van der Waals surface area contributed by atoms with Gasteiger partial charge in [-0.2, -0.15) is 0 Å². The molecule has 1 unspecified atom stereocenters. The van der Waals surface area contributed by atoms with Crippen LogP contribution in [0, 0.1) is 6.42 Å². The van der Waals surface area contributed by atoms with Gasteiger partial charge in [-0.1, -0.05) is 49.2 Å². The first kappa shape index (κ1) is 27.0. The maximum Gasteiger partial charge on any atom is 0.249 e. The van der Waals surface area contributed by atoms with Gasteiger partial charge in [-0.25, -0.2) is 8.42 Å². The second-order valence-corrected chi connectivity index (χ2v) is 10.4. The van der Waals surface area contributed by atoms with Crippen molar-refractivity contribution in [2.75, 3.05) is 12.3 Å². The van der Waals surface area contributed by atoms with Crippen LogP contribution in [0.25, 0.3) is 11.5 Å². The number of carbonyl (C=O) groups excluding carboxylic acids is 2. The zero-order valence-electron chi connectivity index (χ0n) is 19.7. The summed E-state index contributed by atoms with van der Waals surface area (Å²) in [6, 6.07) is 15.5. The summed E-state index contributed by atoms with van der Waals surface area (Å²) in [5, 5.41) is 20.8. The quantitative estimate of drug-likeness (QED) is 0.276. The van der Waals surface area contributed by atoms with Gasteiger partial charge in [0, 0.05) is 17.7 Å². The first-order chi connectivity index (χ1) is 17.2. The number of benzene rings is 2. The Bertz CT molecular complexity index is 1260. The van der Waals surface area contributed by atoms with Crippen LogP contribution in [0.5, 0.6) is 0 Å². The number of nitrogens with two attached hydrogens (primary N) is 1. The van der Waals surface area contributed by atoms with E-state index in [0.717, 1.165) is 18.4 Å². The van der Waals surface area contributed by atoms with E-state index in [1.54, 1.807) is 12.1 Å². The Kier molecular flexibility index (Phi) is 9.71. The molecule has 1 atom stereocenters. The summed E-state index contributed by atoms with van der Waals surface area (Å²) >= 11 is 0. The molecule has 0 bridgehead atoms. The number of hydrogen-bond acceptors (Lipinski definition) is 8. The minimum Gasteiger partial charge on any atom is -0.418 e. The normalized spacial score (nSPS) is 12.2. The Hall–Kier alpha value is -3.57. The molecule has 2 aromatic carbocycles. The molecular weight excluding hydrogens is 484 g/mol. The van der Waals surface area contributed by atoms with Crippen molar-refractivity contribution in [2.24, 2.45) is 5.73 Å². The van der Waals surface area contributed by atoms with Gasteiger partial charge < -0.3 is 20.6 Å². The molecule has 0 saturated heterocycles. The first-order valence-corrected chi connectivity index (χ1v) is 13.3. The van der Waals surface area contributed by atoms with E-state index in [-0.39, 0.29) is 17.2 Å². The van der Waals surface area contributed by atoms with Gasteiger partial charge in [-0.3, -0.25) is 9.59 Å². The fourth-order valence-corrected chi connectivity index (χ4v) is 4.75. The molecule has 1 heterocycles. The van der Waals surface area contributed by atoms with Crippen molar-refractivity contribution in [1.29, 1.82) is 0 Å². The third-order valence-electron chi connectivity index (χ3n) is 5.38. The van der Waals surface area contributed by atoms with Crippen LogP contribution in [0.15, 0.2) is 59.0 Å². The van der Waals surface area contributed by atoms with Crippen molar-refractivity contribution in [3.63, 3.8) is 0 Å². The predicted molar refractivity (Wildman–Crippen MR) is 133 cm³/mol. The van der Waals surface area contributed by atoms with Crippen molar-refractivity contribution >= 4 is 21.7 Å². The Labute approximate surface area is 209 Å². The SMILES string of the molecule is NC(=O)c1ccccc1CS(=O)(=O)C[CH]C(=O)NCCCCCC(O)c1nnc(-c2ccccc2)o1. The number of aromatic nitrogens is 2. The van der Waals surface area contributed by atoms with E-state index in [4.69, 9.17) is 10.2 Å². The zero-order chi connectivity index (χ0) is 26.0. The Morgan fingerprint density at radius 2 is 1.75 bits per heavy atom. The van der Waals surface area contributed by atoms with Gasteiger partial charge in [0.2, 0.25) is 23.6 Å². The van der Waals surface area contributed by atoms with Gasteiger partial charge in [0.05, 0.1) is 17.9 Å². The van der Waals surface area contributed by atoms with Gasteiger partial charge in [-0.05, 0) is 36.6 Å². The fourth-order valence-electron chi connectivity index (χ4n) is 3.50. The van der Waals surface area contributed by atoms with Crippen molar-refractivity contribution < 1.29 is 27.5 Å². The number of hydrogen-bond donors (Lipinski definition) is 3. The molecule has 3 aromatic rings. The minimum atomic E-state index is -3.65. The van der Waals surface area contributed by atoms with Gasteiger partial charge in [-0.15, -0.1) is 10.2 Å². The number of carbonyl (C=O) groups is 2. The molecule has 0 aliphatic carbocycles. The smallest absolute Gasteiger partial charge is 0.249 e. The second-order valence-electron chi connectivity index (χ2n) is 8.25. The van der Waals surface area contributed by atoms with E-state index in [1.165, 1.54) is 12.1 Å². The average molecular weight is 514 g/mol. The number of aliphatic hydroxyl groups is 1. The summed E-state index contributed by atoms with van der Waals surface area (Å²) in [5.74, 6) is -1.51. The van der Waals surface area contributed by atoms with Crippen LogP contribution in [-0.2, 0) is 20.4 Å². The summed E-state index contributed by atoms with van der Waals surface area (Å²) in [6.07, 6.45) is 2.71. The molecule has 0 aliphatic heterocycles. The van der Waals surface area contributed by atoms with Crippen LogP contribution in [0.4, 0.5) is 0 Å². The summed E-state index contributed by atoms with van der Waals surface area (Å²) < 4.78 is 30.3. The minimum absolute atomic E-state index is 0.145. The molecule has 36 heavy (non-hydrogen) atoms. The predicted octanol–water partition coefficient (Wildman–Crippen LogP) is 2.36. The summed E-state index contributed by atoms with van der Waals surface area (Å²) in [5.41, 5.74) is 6.51. The molecule has 4 N–H and O–H groups in total. The molecule has 191 valence electrons. The molecule has 2 amide bonds. The van der Waals surface area contributed by atoms with E-state index in [9.17, 15) is 23.1 Å². The van der Waals surface area contributed by atoms with Gasteiger partial charge in [0.15, 0.2) is 9.84 Å². The van der Waals surface area contributed by atoms with Crippen LogP contribution in [-0.4, -0.2) is 47.8 Å². The lowest BCUT2D eigenvalue weighted by atomic mass is 10.1. The Morgan fingerprint density at radius 3 is 2.50 bits per heavy atom. The van der Waals surface area contributed by atoms with Crippen LogP contribution in [0.3, 0.4) is 0 Å². The number of unbranched alkanes of at least 4 members (excludes halogenated alkanes) is 2. The van der Waals surface area contributed by atoms with Gasteiger partial charge in [0.25, 0.3) is 0 Å². The lowest BCUT2D eigenvalue weighted by Crippen LogP contribution is -2.27. The summed E-state index contributed by atoms with van der Waals surface area (Å²) in [4.78, 5) is 23.5. The monoisotopic (exact) mass is 513 g/mol. The molecule has 0 fully saturated rings. The standard InChI is InChI=1S/C25H29N4O6S/c26-23(32)20-12-7-6-11-19(20)17-36(33,34)16-14-22(31)27-15-8-2-5-13-21(30)25-29-28-24(35-25)18-9-3-1-4-10-18/h1,3-4,6-7,9-12,14,21,30H,2,5,8,13,15-17H2,(H2,26,32)(H,27,31). The highest BCUT2D eigenvalue weighted by molar-refractivity contribution is 7.90. The lowest BCUT2D eigenvalue weighted by molar-refractivity contribution is -0.117. The molecule has 11 heteroatoms. The van der Waals surface area contributed by atoms with E-state index >= 15 is 0 Å². The Morgan fingerprint density at radius 1 is 1.03 bits per heavy atom. The van der Waals surface area contributed by atoms with Crippen LogP contribution in [0.1, 0.15) is 53.6 Å². The average Bonchev–Trinajstić information content (AvgIpc) is 3.36. The van der Waals surface area contributed by atoms with E-state index in [0.29, 0.717) is 37.3 Å². The molecule has 0 aliphatic rings. The van der Waals surface area contributed by atoms with Gasteiger partial charge in [0.1, 0.15) is 6.10 Å². The third kappa shape index (κ3) is 8.28. The molecule has 10 nitrogen and oxygen atoms in total. The maximum absolute atomic E-state index is 12.4. The van der Waals surface area contributed by atoms with Crippen molar-refractivity contribution in [2.45, 2.75) is 37.5 Å². The maximum atomic E-state index is 12.4. The Balaban J connectivity index is 1.31. The topological polar surface area (TPSA) is 165 Å². The zero-order valence-corrected chi connectivity index (χ0v) is 20.5. The number of sulfone groups is 1.